The first-order chi connectivity index (χ1) is 7.65. The lowest BCUT2D eigenvalue weighted by Crippen LogP contribution is -2.30. The number of rotatable bonds is 4. The van der Waals surface area contributed by atoms with Gasteiger partial charge in [-0.3, -0.25) is 4.79 Å². The molecule has 3 atom stereocenters. The highest BCUT2D eigenvalue weighted by atomic mass is 16.4. The van der Waals surface area contributed by atoms with E-state index in [0.29, 0.717) is 12.5 Å². The van der Waals surface area contributed by atoms with Crippen LogP contribution in [0.3, 0.4) is 0 Å². The third-order valence-electron chi connectivity index (χ3n) is 3.80. The number of amides is 1. The Balaban J connectivity index is 1.71. The van der Waals surface area contributed by atoms with Crippen molar-refractivity contribution in [3.8, 4) is 0 Å². The third-order valence-corrected chi connectivity index (χ3v) is 3.80. The summed E-state index contributed by atoms with van der Waals surface area (Å²) in [4.78, 5) is 21.5. The Labute approximate surface area is 94.7 Å². The Bertz CT molecular complexity index is 324. The van der Waals surface area contributed by atoms with Crippen molar-refractivity contribution in [3.63, 3.8) is 0 Å². The molecule has 2 N–H and O–H groups in total. The van der Waals surface area contributed by atoms with Gasteiger partial charge in [0.1, 0.15) is 0 Å². The molecule has 2 rings (SSSR count). The van der Waals surface area contributed by atoms with Gasteiger partial charge < -0.3 is 10.4 Å². The van der Waals surface area contributed by atoms with Crippen molar-refractivity contribution in [1.82, 2.24) is 5.32 Å². The van der Waals surface area contributed by atoms with Crippen molar-refractivity contribution in [2.45, 2.75) is 25.7 Å². The SMILES string of the molecule is O=C(O)C=CC(=O)NCC1CC2CCC1C2. The Morgan fingerprint density at radius 1 is 1.25 bits per heavy atom. The second-order valence-corrected chi connectivity index (χ2v) is 4.85. The Morgan fingerprint density at radius 3 is 2.62 bits per heavy atom. The molecule has 88 valence electrons. The van der Waals surface area contributed by atoms with Gasteiger partial charge in [-0.05, 0) is 37.0 Å². The first-order valence-corrected chi connectivity index (χ1v) is 5.84. The van der Waals surface area contributed by atoms with Crippen molar-refractivity contribution >= 4 is 11.9 Å². The zero-order chi connectivity index (χ0) is 11.5. The average Bonchev–Trinajstić information content (AvgIpc) is 2.84. The number of hydrogen-bond acceptors (Lipinski definition) is 2. The van der Waals surface area contributed by atoms with Gasteiger partial charge in [-0.1, -0.05) is 6.42 Å². The minimum Gasteiger partial charge on any atom is -0.478 e. The van der Waals surface area contributed by atoms with Crippen LogP contribution >= 0.6 is 0 Å². The van der Waals surface area contributed by atoms with E-state index in [1.165, 1.54) is 25.7 Å². The van der Waals surface area contributed by atoms with Gasteiger partial charge in [-0.2, -0.15) is 0 Å². The molecule has 2 saturated carbocycles. The molecule has 1 amide bonds. The molecule has 2 bridgehead atoms. The topological polar surface area (TPSA) is 66.4 Å². The fourth-order valence-electron chi connectivity index (χ4n) is 3.06. The Morgan fingerprint density at radius 2 is 2.06 bits per heavy atom. The Hall–Kier alpha value is -1.32. The van der Waals surface area contributed by atoms with Gasteiger partial charge in [0.15, 0.2) is 0 Å². The highest BCUT2D eigenvalue weighted by Crippen LogP contribution is 2.47. The molecule has 0 spiro atoms. The van der Waals surface area contributed by atoms with Gasteiger partial charge in [0.25, 0.3) is 0 Å². The summed E-state index contributed by atoms with van der Waals surface area (Å²) in [7, 11) is 0. The highest BCUT2D eigenvalue weighted by Gasteiger charge is 2.39. The molecule has 16 heavy (non-hydrogen) atoms. The van der Waals surface area contributed by atoms with E-state index in [9.17, 15) is 9.59 Å². The Kier molecular flexibility index (Phi) is 3.27. The molecule has 3 unspecified atom stereocenters. The van der Waals surface area contributed by atoms with Crippen LogP contribution in [0.5, 0.6) is 0 Å². The second-order valence-electron chi connectivity index (χ2n) is 4.85. The normalized spacial score (nSPS) is 32.1. The van der Waals surface area contributed by atoms with Gasteiger partial charge in [-0.25, -0.2) is 4.79 Å². The molecule has 2 aliphatic rings. The molecular formula is C12H17NO3. The van der Waals surface area contributed by atoms with E-state index in [-0.39, 0.29) is 5.91 Å². The maximum Gasteiger partial charge on any atom is 0.328 e. The molecule has 0 aromatic rings. The predicted molar refractivity (Wildman–Crippen MR) is 58.7 cm³/mol. The van der Waals surface area contributed by atoms with Crippen LogP contribution in [0.4, 0.5) is 0 Å². The number of carbonyl (C=O) groups excluding carboxylic acids is 1. The van der Waals surface area contributed by atoms with Crippen LogP contribution in [0.15, 0.2) is 12.2 Å². The smallest absolute Gasteiger partial charge is 0.328 e. The monoisotopic (exact) mass is 223 g/mol. The molecule has 0 aromatic heterocycles. The summed E-state index contributed by atoms with van der Waals surface area (Å²) >= 11 is 0. The fourth-order valence-corrected chi connectivity index (χ4v) is 3.06. The maximum absolute atomic E-state index is 11.2. The summed E-state index contributed by atoms with van der Waals surface area (Å²) < 4.78 is 0. The van der Waals surface area contributed by atoms with Gasteiger partial charge >= 0.3 is 5.97 Å². The van der Waals surface area contributed by atoms with E-state index in [1.807, 2.05) is 0 Å². The van der Waals surface area contributed by atoms with Gasteiger partial charge in [-0.15, -0.1) is 0 Å². The van der Waals surface area contributed by atoms with E-state index in [0.717, 1.165) is 24.0 Å². The molecular weight excluding hydrogens is 206 g/mol. The van der Waals surface area contributed by atoms with E-state index in [2.05, 4.69) is 5.32 Å². The number of hydrogen-bond donors (Lipinski definition) is 2. The van der Waals surface area contributed by atoms with Crippen LogP contribution in [-0.4, -0.2) is 23.5 Å². The van der Waals surface area contributed by atoms with Crippen molar-refractivity contribution in [1.29, 1.82) is 0 Å². The average molecular weight is 223 g/mol. The molecule has 4 nitrogen and oxygen atoms in total. The first kappa shape index (κ1) is 11.2. The van der Waals surface area contributed by atoms with E-state index < -0.39 is 5.97 Å². The quantitative estimate of drug-likeness (QED) is 0.703. The molecule has 0 heterocycles. The lowest BCUT2D eigenvalue weighted by atomic mass is 9.89. The highest BCUT2D eigenvalue weighted by molar-refractivity contribution is 5.93. The predicted octanol–water partition coefficient (Wildman–Crippen LogP) is 1.18. The van der Waals surface area contributed by atoms with Crippen molar-refractivity contribution in [3.05, 3.63) is 12.2 Å². The zero-order valence-electron chi connectivity index (χ0n) is 9.19. The largest absolute Gasteiger partial charge is 0.478 e. The maximum atomic E-state index is 11.2. The number of carboxylic acids is 1. The van der Waals surface area contributed by atoms with Crippen LogP contribution in [0.1, 0.15) is 25.7 Å². The number of carboxylic acid groups (broad SMARTS) is 1. The number of aliphatic carboxylic acids is 1. The van der Waals surface area contributed by atoms with Crippen LogP contribution in [-0.2, 0) is 9.59 Å². The molecule has 0 aliphatic heterocycles. The van der Waals surface area contributed by atoms with E-state index in [1.54, 1.807) is 0 Å². The first-order valence-electron chi connectivity index (χ1n) is 5.84. The summed E-state index contributed by atoms with van der Waals surface area (Å²) in [5.74, 6) is 0.886. The number of nitrogens with one attached hydrogen (secondary N) is 1. The van der Waals surface area contributed by atoms with Gasteiger partial charge in [0.2, 0.25) is 5.91 Å². The van der Waals surface area contributed by atoms with Crippen molar-refractivity contribution in [2.75, 3.05) is 6.54 Å². The summed E-state index contributed by atoms with van der Waals surface area (Å²) in [5.41, 5.74) is 0. The van der Waals surface area contributed by atoms with Crippen molar-refractivity contribution in [2.24, 2.45) is 17.8 Å². The van der Waals surface area contributed by atoms with Gasteiger partial charge in [0.05, 0.1) is 0 Å². The summed E-state index contributed by atoms with van der Waals surface area (Å²) in [6.07, 6.45) is 7.16. The molecule has 2 fully saturated rings. The van der Waals surface area contributed by atoms with Crippen LogP contribution < -0.4 is 5.32 Å². The van der Waals surface area contributed by atoms with E-state index in [4.69, 9.17) is 5.11 Å². The molecule has 0 radical (unpaired) electrons. The molecule has 4 heteroatoms. The number of carbonyl (C=O) groups is 2. The lowest BCUT2D eigenvalue weighted by molar-refractivity contribution is -0.131. The summed E-state index contributed by atoms with van der Waals surface area (Å²) in [6, 6.07) is 0. The second kappa shape index (κ2) is 4.68. The summed E-state index contributed by atoms with van der Waals surface area (Å²) in [5, 5.41) is 11.1. The molecule has 0 saturated heterocycles. The summed E-state index contributed by atoms with van der Waals surface area (Å²) in [6.45, 7) is 0.698. The van der Waals surface area contributed by atoms with Crippen LogP contribution in [0, 0.1) is 17.8 Å². The third kappa shape index (κ3) is 2.62. The standard InChI is InChI=1S/C12H17NO3/c14-11(3-4-12(15)16)13-7-10-6-8-1-2-9(10)5-8/h3-4,8-10H,1-2,5-7H2,(H,13,14)(H,15,16). The number of fused-ring (bicyclic) bond motifs is 2. The van der Waals surface area contributed by atoms with Gasteiger partial charge in [0, 0.05) is 18.7 Å². The molecule has 0 aromatic carbocycles. The lowest BCUT2D eigenvalue weighted by Gasteiger charge is -2.21. The minimum atomic E-state index is -1.09. The fraction of sp³-hybridized carbons (Fsp3) is 0.667. The zero-order valence-corrected chi connectivity index (χ0v) is 9.19. The van der Waals surface area contributed by atoms with Crippen molar-refractivity contribution < 1.29 is 14.7 Å². The van der Waals surface area contributed by atoms with Crippen LogP contribution in [0.25, 0.3) is 0 Å². The van der Waals surface area contributed by atoms with E-state index >= 15 is 0 Å². The molecule has 2 aliphatic carbocycles. The minimum absolute atomic E-state index is 0.301. The van der Waals surface area contributed by atoms with Crippen LogP contribution in [0.2, 0.25) is 0 Å².